The molecule has 2 aliphatic rings. The number of nitrogens with zero attached hydrogens (tertiary/aromatic N) is 1. The summed E-state index contributed by atoms with van der Waals surface area (Å²) in [5, 5.41) is 13.0. The van der Waals surface area contributed by atoms with E-state index in [1.807, 2.05) is 0 Å². The summed E-state index contributed by atoms with van der Waals surface area (Å²) >= 11 is 0. The number of rotatable bonds is 2. The van der Waals surface area contributed by atoms with Crippen LogP contribution >= 0.6 is 0 Å². The maximum Gasteiger partial charge on any atom is 0.224 e. The number of amides is 1. The highest BCUT2D eigenvalue weighted by Crippen LogP contribution is 2.21. The first-order valence-corrected chi connectivity index (χ1v) is 5.88. The summed E-state index contributed by atoms with van der Waals surface area (Å²) in [6.45, 7) is 5.05. The van der Waals surface area contributed by atoms with E-state index >= 15 is 0 Å². The van der Waals surface area contributed by atoms with Crippen LogP contribution in [0.1, 0.15) is 19.8 Å². The van der Waals surface area contributed by atoms with Crippen LogP contribution in [0, 0.1) is 0 Å². The molecule has 0 radical (unpaired) electrons. The van der Waals surface area contributed by atoms with E-state index in [1.54, 1.807) is 11.8 Å². The fourth-order valence-electron chi connectivity index (χ4n) is 2.25. The van der Waals surface area contributed by atoms with E-state index < -0.39 is 5.60 Å². The Bertz CT molecular complexity index is 262. The lowest BCUT2D eigenvalue weighted by molar-refractivity contribution is -0.132. The molecule has 0 saturated carbocycles. The van der Waals surface area contributed by atoms with Crippen LogP contribution in [0.4, 0.5) is 0 Å². The third-order valence-electron chi connectivity index (χ3n) is 3.22. The fraction of sp³-hybridized carbons (Fsp3) is 0.909. The van der Waals surface area contributed by atoms with Crippen molar-refractivity contribution < 1.29 is 14.6 Å². The zero-order chi connectivity index (χ0) is 11.6. The topological polar surface area (TPSA) is 61.8 Å². The Morgan fingerprint density at radius 1 is 1.69 bits per heavy atom. The predicted molar refractivity (Wildman–Crippen MR) is 59.0 cm³/mol. The van der Waals surface area contributed by atoms with E-state index in [2.05, 4.69) is 5.32 Å². The Balaban J connectivity index is 1.79. The lowest BCUT2D eigenvalue weighted by atomic mass is 10.1. The standard InChI is InChI=1S/C11H20N2O3/c1-11(15)2-4-13(8-11)10(14)6-9-7-16-5-3-12-9/h9,12,15H,2-8H2,1H3. The van der Waals surface area contributed by atoms with E-state index in [-0.39, 0.29) is 11.9 Å². The van der Waals surface area contributed by atoms with E-state index in [4.69, 9.17) is 4.74 Å². The molecule has 2 fully saturated rings. The van der Waals surface area contributed by atoms with Crippen molar-refractivity contribution in [2.75, 3.05) is 32.8 Å². The number of β-amino-alcohol motifs (C(OH)–C–C–N with tert-alkyl or cyclic N) is 1. The molecule has 5 nitrogen and oxygen atoms in total. The maximum atomic E-state index is 11.9. The highest BCUT2D eigenvalue weighted by molar-refractivity contribution is 5.77. The van der Waals surface area contributed by atoms with Crippen LogP contribution in [-0.2, 0) is 9.53 Å². The average molecular weight is 228 g/mol. The summed E-state index contributed by atoms with van der Waals surface area (Å²) in [5.41, 5.74) is -0.702. The number of ether oxygens (including phenoxy) is 1. The van der Waals surface area contributed by atoms with Gasteiger partial charge in [-0.15, -0.1) is 0 Å². The summed E-state index contributed by atoms with van der Waals surface area (Å²) in [6.07, 6.45) is 1.14. The SMILES string of the molecule is CC1(O)CCN(C(=O)CC2COCCN2)C1. The fourth-order valence-corrected chi connectivity index (χ4v) is 2.25. The molecule has 0 aromatic rings. The van der Waals surface area contributed by atoms with Crippen molar-refractivity contribution in [3.05, 3.63) is 0 Å². The Labute approximate surface area is 95.8 Å². The van der Waals surface area contributed by atoms with Crippen molar-refractivity contribution in [2.45, 2.75) is 31.4 Å². The first-order chi connectivity index (χ1) is 7.57. The number of carbonyl (C=O) groups is 1. The van der Waals surface area contributed by atoms with Crippen LogP contribution in [-0.4, -0.2) is 60.4 Å². The molecule has 0 aliphatic carbocycles. The third-order valence-corrected chi connectivity index (χ3v) is 3.22. The quantitative estimate of drug-likeness (QED) is 0.659. The molecular weight excluding hydrogens is 208 g/mol. The minimum absolute atomic E-state index is 0.112. The van der Waals surface area contributed by atoms with Crippen LogP contribution in [0.15, 0.2) is 0 Å². The number of likely N-dealkylation sites (tertiary alicyclic amines) is 1. The largest absolute Gasteiger partial charge is 0.388 e. The highest BCUT2D eigenvalue weighted by Gasteiger charge is 2.34. The van der Waals surface area contributed by atoms with E-state index in [9.17, 15) is 9.90 Å². The summed E-state index contributed by atoms with van der Waals surface area (Å²) in [4.78, 5) is 13.7. The molecule has 0 spiro atoms. The third kappa shape index (κ3) is 2.93. The number of hydrogen-bond donors (Lipinski definition) is 2. The molecule has 5 heteroatoms. The van der Waals surface area contributed by atoms with Gasteiger partial charge in [-0.05, 0) is 13.3 Å². The lowest BCUT2D eigenvalue weighted by Crippen LogP contribution is -2.45. The van der Waals surface area contributed by atoms with Crippen molar-refractivity contribution in [3.63, 3.8) is 0 Å². The number of hydrogen-bond acceptors (Lipinski definition) is 4. The van der Waals surface area contributed by atoms with Gasteiger partial charge in [0.15, 0.2) is 0 Å². The smallest absolute Gasteiger partial charge is 0.224 e. The minimum Gasteiger partial charge on any atom is -0.388 e. The Kier molecular flexibility index (Phi) is 3.47. The molecule has 0 bridgehead atoms. The van der Waals surface area contributed by atoms with E-state index in [0.717, 1.165) is 13.2 Å². The lowest BCUT2D eigenvalue weighted by Gasteiger charge is -2.26. The number of carbonyl (C=O) groups excluding carboxylic acids is 1. The molecule has 2 rings (SSSR count). The summed E-state index contributed by atoms with van der Waals surface area (Å²) in [5.74, 6) is 0.112. The number of morpholine rings is 1. The highest BCUT2D eigenvalue weighted by atomic mass is 16.5. The monoisotopic (exact) mass is 228 g/mol. The molecule has 2 aliphatic heterocycles. The number of nitrogens with one attached hydrogen (secondary N) is 1. The van der Waals surface area contributed by atoms with Crippen LogP contribution in [0.5, 0.6) is 0 Å². The maximum absolute atomic E-state index is 11.9. The second-order valence-electron chi connectivity index (χ2n) is 4.99. The van der Waals surface area contributed by atoms with Gasteiger partial charge in [-0.1, -0.05) is 0 Å². The van der Waals surface area contributed by atoms with Gasteiger partial charge in [-0.3, -0.25) is 4.79 Å². The van der Waals surface area contributed by atoms with Crippen LogP contribution in [0.3, 0.4) is 0 Å². The minimum atomic E-state index is -0.702. The van der Waals surface area contributed by atoms with Crippen molar-refractivity contribution in [1.82, 2.24) is 10.2 Å². The van der Waals surface area contributed by atoms with Gasteiger partial charge < -0.3 is 20.1 Å². The first-order valence-electron chi connectivity index (χ1n) is 5.88. The summed E-state index contributed by atoms with van der Waals surface area (Å²) in [6, 6.07) is 0.131. The van der Waals surface area contributed by atoms with Gasteiger partial charge in [0.05, 0.1) is 18.8 Å². The van der Waals surface area contributed by atoms with Crippen molar-refractivity contribution in [3.8, 4) is 0 Å². The molecule has 2 heterocycles. The molecule has 2 saturated heterocycles. The molecule has 0 aromatic carbocycles. The Hall–Kier alpha value is -0.650. The van der Waals surface area contributed by atoms with Gasteiger partial charge in [0.25, 0.3) is 0 Å². The number of aliphatic hydroxyl groups is 1. The van der Waals surface area contributed by atoms with Crippen LogP contribution < -0.4 is 5.32 Å². The molecule has 0 aromatic heterocycles. The summed E-state index contributed by atoms with van der Waals surface area (Å²) < 4.78 is 5.30. The predicted octanol–water partition coefficient (Wildman–Crippen LogP) is -0.652. The normalized spacial score (nSPS) is 35.4. The van der Waals surface area contributed by atoms with Crippen molar-refractivity contribution >= 4 is 5.91 Å². The second kappa shape index (κ2) is 4.69. The molecule has 2 N–H and O–H groups in total. The van der Waals surface area contributed by atoms with Gasteiger partial charge in [0.1, 0.15) is 0 Å². The molecule has 16 heavy (non-hydrogen) atoms. The zero-order valence-corrected chi connectivity index (χ0v) is 9.74. The molecule has 92 valence electrons. The summed E-state index contributed by atoms with van der Waals surface area (Å²) in [7, 11) is 0. The molecular formula is C11H20N2O3. The van der Waals surface area contributed by atoms with E-state index in [0.29, 0.717) is 32.5 Å². The van der Waals surface area contributed by atoms with Gasteiger partial charge in [0.2, 0.25) is 5.91 Å². The second-order valence-corrected chi connectivity index (χ2v) is 4.99. The molecule has 1 amide bonds. The van der Waals surface area contributed by atoms with Crippen molar-refractivity contribution in [2.24, 2.45) is 0 Å². The Morgan fingerprint density at radius 3 is 3.06 bits per heavy atom. The zero-order valence-electron chi connectivity index (χ0n) is 9.74. The average Bonchev–Trinajstić information content (AvgIpc) is 2.60. The van der Waals surface area contributed by atoms with Gasteiger partial charge in [-0.25, -0.2) is 0 Å². The molecule has 2 unspecified atom stereocenters. The van der Waals surface area contributed by atoms with Gasteiger partial charge in [0, 0.05) is 32.1 Å². The van der Waals surface area contributed by atoms with Crippen molar-refractivity contribution in [1.29, 1.82) is 0 Å². The molecule has 2 atom stereocenters. The van der Waals surface area contributed by atoms with Gasteiger partial charge in [-0.2, -0.15) is 0 Å². The van der Waals surface area contributed by atoms with Gasteiger partial charge >= 0.3 is 0 Å². The Morgan fingerprint density at radius 2 is 2.50 bits per heavy atom. The first kappa shape index (κ1) is 11.8. The van der Waals surface area contributed by atoms with Crippen LogP contribution in [0.2, 0.25) is 0 Å². The van der Waals surface area contributed by atoms with E-state index in [1.165, 1.54) is 0 Å². The van der Waals surface area contributed by atoms with Crippen LogP contribution in [0.25, 0.3) is 0 Å².